The van der Waals surface area contributed by atoms with Crippen LogP contribution in [0.25, 0.3) is 0 Å². The quantitative estimate of drug-likeness (QED) is 0.849. The standard InChI is InChI=1S/C15H21NO3S/c1-11-5-2-3-7-13(11)16-14(17)10-19-15(18)9-12-6-4-8-20-12/h4,6,8,11,13H,2-3,5,7,9-10H2,1H3,(H,16,17)/t11-,13-/m1/s1. The molecule has 20 heavy (non-hydrogen) atoms. The van der Waals surface area contributed by atoms with Gasteiger partial charge < -0.3 is 10.1 Å². The molecule has 0 spiro atoms. The van der Waals surface area contributed by atoms with Crippen LogP contribution in [-0.2, 0) is 20.7 Å². The number of ether oxygens (including phenoxy) is 1. The minimum atomic E-state index is -0.348. The number of esters is 1. The van der Waals surface area contributed by atoms with E-state index in [1.165, 1.54) is 17.8 Å². The highest BCUT2D eigenvalue weighted by Gasteiger charge is 2.23. The summed E-state index contributed by atoms with van der Waals surface area (Å²) >= 11 is 1.51. The Balaban J connectivity index is 1.68. The Morgan fingerprint density at radius 1 is 1.40 bits per heavy atom. The first-order valence-corrected chi connectivity index (χ1v) is 8.00. The van der Waals surface area contributed by atoms with Crippen molar-refractivity contribution >= 4 is 23.2 Å². The Labute approximate surface area is 123 Å². The van der Waals surface area contributed by atoms with Gasteiger partial charge in [0.2, 0.25) is 0 Å². The van der Waals surface area contributed by atoms with Crippen LogP contribution in [0.3, 0.4) is 0 Å². The summed E-state index contributed by atoms with van der Waals surface area (Å²) in [6.45, 7) is 1.99. The van der Waals surface area contributed by atoms with Crippen molar-refractivity contribution in [3.63, 3.8) is 0 Å². The molecular formula is C15H21NO3S. The van der Waals surface area contributed by atoms with E-state index in [1.54, 1.807) is 0 Å². The zero-order valence-electron chi connectivity index (χ0n) is 11.8. The number of nitrogens with one attached hydrogen (secondary N) is 1. The number of amides is 1. The molecule has 1 aliphatic carbocycles. The Bertz CT molecular complexity index is 444. The lowest BCUT2D eigenvalue weighted by Crippen LogP contribution is -2.42. The fraction of sp³-hybridized carbons (Fsp3) is 0.600. The predicted octanol–water partition coefficient (Wildman–Crippen LogP) is 2.53. The van der Waals surface area contributed by atoms with E-state index in [9.17, 15) is 9.59 Å². The van der Waals surface area contributed by atoms with Gasteiger partial charge in [0.15, 0.2) is 6.61 Å². The molecule has 5 heteroatoms. The third kappa shape index (κ3) is 4.63. The molecule has 1 heterocycles. The highest BCUT2D eigenvalue weighted by Crippen LogP contribution is 2.23. The van der Waals surface area contributed by atoms with E-state index in [1.807, 2.05) is 17.5 Å². The molecule has 1 amide bonds. The maximum atomic E-state index is 11.8. The number of thiophene rings is 1. The number of carbonyl (C=O) groups excluding carboxylic acids is 2. The van der Waals surface area contributed by atoms with Crippen molar-refractivity contribution in [3.05, 3.63) is 22.4 Å². The summed E-state index contributed by atoms with van der Waals surface area (Å²) in [5.74, 6) is -0.0305. The molecule has 0 aromatic carbocycles. The Hall–Kier alpha value is -1.36. The summed E-state index contributed by atoms with van der Waals surface area (Å²) in [5, 5.41) is 4.89. The van der Waals surface area contributed by atoms with Crippen molar-refractivity contribution < 1.29 is 14.3 Å². The van der Waals surface area contributed by atoms with Crippen LogP contribution >= 0.6 is 11.3 Å². The van der Waals surface area contributed by atoms with Crippen molar-refractivity contribution in [2.45, 2.75) is 45.1 Å². The highest BCUT2D eigenvalue weighted by molar-refractivity contribution is 7.10. The first-order chi connectivity index (χ1) is 9.65. The summed E-state index contributed by atoms with van der Waals surface area (Å²) in [7, 11) is 0. The molecule has 0 unspecified atom stereocenters. The largest absolute Gasteiger partial charge is 0.455 e. The Kier molecular flexibility index (Phi) is 5.59. The fourth-order valence-electron chi connectivity index (χ4n) is 2.53. The molecule has 1 saturated carbocycles. The smallest absolute Gasteiger partial charge is 0.311 e. The van der Waals surface area contributed by atoms with E-state index in [-0.39, 0.29) is 30.9 Å². The molecule has 1 aromatic heterocycles. The van der Waals surface area contributed by atoms with Crippen LogP contribution in [0.4, 0.5) is 0 Å². The second-order valence-electron chi connectivity index (χ2n) is 5.35. The molecular weight excluding hydrogens is 274 g/mol. The van der Waals surface area contributed by atoms with Gasteiger partial charge in [-0.3, -0.25) is 9.59 Å². The lowest BCUT2D eigenvalue weighted by Gasteiger charge is -2.29. The highest BCUT2D eigenvalue weighted by atomic mass is 32.1. The molecule has 4 nitrogen and oxygen atoms in total. The van der Waals surface area contributed by atoms with Crippen LogP contribution in [0.2, 0.25) is 0 Å². The number of carbonyl (C=O) groups is 2. The first-order valence-electron chi connectivity index (χ1n) is 7.12. The van der Waals surface area contributed by atoms with Crippen LogP contribution in [0.15, 0.2) is 17.5 Å². The second-order valence-corrected chi connectivity index (χ2v) is 6.38. The number of rotatable bonds is 5. The monoisotopic (exact) mass is 295 g/mol. The molecule has 0 bridgehead atoms. The average Bonchev–Trinajstić information content (AvgIpc) is 2.92. The van der Waals surface area contributed by atoms with E-state index in [4.69, 9.17) is 4.74 Å². The summed E-state index contributed by atoms with van der Waals surface area (Å²) in [6.07, 6.45) is 4.82. The third-order valence-electron chi connectivity index (χ3n) is 3.72. The Morgan fingerprint density at radius 3 is 2.90 bits per heavy atom. The maximum absolute atomic E-state index is 11.8. The van der Waals surface area contributed by atoms with Gasteiger partial charge in [-0.2, -0.15) is 0 Å². The lowest BCUT2D eigenvalue weighted by molar-refractivity contribution is -0.148. The van der Waals surface area contributed by atoms with Gasteiger partial charge in [-0.1, -0.05) is 25.8 Å². The van der Waals surface area contributed by atoms with E-state index >= 15 is 0 Å². The molecule has 1 aliphatic rings. The van der Waals surface area contributed by atoms with Crippen LogP contribution in [0, 0.1) is 5.92 Å². The van der Waals surface area contributed by atoms with Gasteiger partial charge >= 0.3 is 5.97 Å². The molecule has 0 radical (unpaired) electrons. The molecule has 0 aliphatic heterocycles. The van der Waals surface area contributed by atoms with Crippen molar-refractivity contribution in [2.24, 2.45) is 5.92 Å². The normalized spacial score (nSPS) is 22.2. The van der Waals surface area contributed by atoms with Crippen LogP contribution < -0.4 is 5.32 Å². The van der Waals surface area contributed by atoms with Gasteiger partial charge in [0.25, 0.3) is 5.91 Å². The summed E-state index contributed by atoms with van der Waals surface area (Å²) in [4.78, 5) is 24.3. The second kappa shape index (κ2) is 7.43. The van der Waals surface area contributed by atoms with E-state index in [0.717, 1.165) is 24.1 Å². The number of hydrogen-bond acceptors (Lipinski definition) is 4. The molecule has 2 atom stereocenters. The SMILES string of the molecule is C[C@@H]1CCCC[C@H]1NC(=O)COC(=O)Cc1cccs1. The minimum absolute atomic E-state index is 0.173. The van der Waals surface area contributed by atoms with Crippen molar-refractivity contribution in [3.8, 4) is 0 Å². The Morgan fingerprint density at radius 2 is 2.20 bits per heavy atom. The molecule has 0 saturated heterocycles. The van der Waals surface area contributed by atoms with Crippen LogP contribution in [0.5, 0.6) is 0 Å². The van der Waals surface area contributed by atoms with E-state index in [0.29, 0.717) is 5.92 Å². The zero-order valence-corrected chi connectivity index (χ0v) is 12.6. The zero-order chi connectivity index (χ0) is 14.4. The average molecular weight is 295 g/mol. The molecule has 1 aromatic rings. The minimum Gasteiger partial charge on any atom is -0.455 e. The summed E-state index contributed by atoms with van der Waals surface area (Å²) in [5.41, 5.74) is 0. The van der Waals surface area contributed by atoms with Gasteiger partial charge in [-0.25, -0.2) is 0 Å². The molecule has 110 valence electrons. The van der Waals surface area contributed by atoms with Crippen molar-refractivity contribution in [1.29, 1.82) is 0 Å². The molecule has 2 rings (SSSR count). The molecule has 1 N–H and O–H groups in total. The van der Waals surface area contributed by atoms with Gasteiger partial charge in [0.05, 0.1) is 6.42 Å². The topological polar surface area (TPSA) is 55.4 Å². The number of hydrogen-bond donors (Lipinski definition) is 1. The predicted molar refractivity (Wildman–Crippen MR) is 78.5 cm³/mol. The van der Waals surface area contributed by atoms with Gasteiger partial charge in [-0.05, 0) is 30.2 Å². The molecule has 1 fully saturated rings. The lowest BCUT2D eigenvalue weighted by atomic mass is 9.86. The van der Waals surface area contributed by atoms with Crippen molar-refractivity contribution in [2.75, 3.05) is 6.61 Å². The van der Waals surface area contributed by atoms with E-state index < -0.39 is 0 Å². The van der Waals surface area contributed by atoms with Gasteiger partial charge in [0.1, 0.15) is 0 Å². The van der Waals surface area contributed by atoms with Gasteiger partial charge in [-0.15, -0.1) is 11.3 Å². The van der Waals surface area contributed by atoms with Crippen LogP contribution in [0.1, 0.15) is 37.5 Å². The first kappa shape index (κ1) is 15.0. The van der Waals surface area contributed by atoms with Gasteiger partial charge in [0, 0.05) is 10.9 Å². The third-order valence-corrected chi connectivity index (χ3v) is 4.60. The van der Waals surface area contributed by atoms with Crippen molar-refractivity contribution in [1.82, 2.24) is 5.32 Å². The van der Waals surface area contributed by atoms with Crippen LogP contribution in [-0.4, -0.2) is 24.5 Å². The summed E-state index contributed by atoms with van der Waals surface area (Å²) < 4.78 is 5.01. The summed E-state index contributed by atoms with van der Waals surface area (Å²) in [6, 6.07) is 4.01. The maximum Gasteiger partial charge on any atom is 0.311 e. The fourth-order valence-corrected chi connectivity index (χ4v) is 3.22. The van der Waals surface area contributed by atoms with E-state index in [2.05, 4.69) is 12.2 Å².